The number of benzene rings is 1. The van der Waals surface area contributed by atoms with Gasteiger partial charge >= 0.3 is 0 Å². The SMILES string of the molecule is Cc1nn(C)c2ncc(C(=O)N(CCO)CCc3ccccc3)cc12. The third-order valence-electron chi connectivity index (χ3n) is 4.28. The van der Waals surface area contributed by atoms with Crippen LogP contribution in [0.15, 0.2) is 42.6 Å². The topological polar surface area (TPSA) is 71.2 Å². The smallest absolute Gasteiger partial charge is 0.255 e. The second-order valence-electron chi connectivity index (χ2n) is 6.06. The van der Waals surface area contributed by atoms with Crippen molar-refractivity contribution in [2.24, 2.45) is 7.05 Å². The van der Waals surface area contributed by atoms with E-state index in [0.29, 0.717) is 18.7 Å². The molecule has 1 aromatic carbocycles. The van der Waals surface area contributed by atoms with Gasteiger partial charge in [0.05, 0.1) is 17.9 Å². The molecule has 2 heterocycles. The molecule has 0 saturated carbocycles. The molecule has 1 amide bonds. The number of aliphatic hydroxyl groups excluding tert-OH is 1. The molecule has 3 aromatic rings. The van der Waals surface area contributed by atoms with Crippen LogP contribution in [0.1, 0.15) is 21.6 Å². The lowest BCUT2D eigenvalue weighted by Gasteiger charge is -2.22. The Bertz CT molecular complexity index is 874. The van der Waals surface area contributed by atoms with Gasteiger partial charge in [-0.15, -0.1) is 0 Å². The lowest BCUT2D eigenvalue weighted by Crippen LogP contribution is -2.35. The van der Waals surface area contributed by atoms with E-state index in [4.69, 9.17) is 0 Å². The van der Waals surface area contributed by atoms with Crippen molar-refractivity contribution in [3.63, 3.8) is 0 Å². The Morgan fingerprint density at radius 2 is 2.00 bits per heavy atom. The van der Waals surface area contributed by atoms with Crippen LogP contribution in [-0.4, -0.2) is 50.4 Å². The van der Waals surface area contributed by atoms with E-state index in [-0.39, 0.29) is 12.5 Å². The number of hydrogen-bond donors (Lipinski definition) is 1. The fraction of sp³-hybridized carbons (Fsp3) is 0.316. The molecule has 0 spiro atoms. The first-order chi connectivity index (χ1) is 12.1. The Morgan fingerprint density at radius 3 is 2.72 bits per heavy atom. The van der Waals surface area contributed by atoms with Crippen LogP contribution in [-0.2, 0) is 13.5 Å². The molecule has 25 heavy (non-hydrogen) atoms. The second-order valence-corrected chi connectivity index (χ2v) is 6.06. The minimum Gasteiger partial charge on any atom is -0.395 e. The van der Waals surface area contributed by atoms with E-state index >= 15 is 0 Å². The van der Waals surface area contributed by atoms with Crippen LogP contribution in [0.25, 0.3) is 11.0 Å². The molecule has 0 radical (unpaired) electrons. The van der Waals surface area contributed by atoms with Crippen molar-refractivity contribution in [2.45, 2.75) is 13.3 Å². The Labute approximate surface area is 146 Å². The molecule has 6 nitrogen and oxygen atoms in total. The van der Waals surface area contributed by atoms with Crippen molar-refractivity contribution in [1.82, 2.24) is 19.7 Å². The lowest BCUT2D eigenvalue weighted by molar-refractivity contribution is 0.0723. The van der Waals surface area contributed by atoms with E-state index in [9.17, 15) is 9.90 Å². The van der Waals surface area contributed by atoms with Gasteiger partial charge < -0.3 is 10.0 Å². The van der Waals surface area contributed by atoms with Gasteiger partial charge in [0, 0.05) is 31.7 Å². The molecule has 0 aliphatic rings. The van der Waals surface area contributed by atoms with Crippen molar-refractivity contribution in [2.75, 3.05) is 19.7 Å². The van der Waals surface area contributed by atoms with E-state index in [1.807, 2.05) is 50.4 Å². The zero-order valence-corrected chi connectivity index (χ0v) is 14.5. The van der Waals surface area contributed by atoms with Gasteiger partial charge in [0.1, 0.15) is 0 Å². The molecule has 130 valence electrons. The average Bonchev–Trinajstić information content (AvgIpc) is 2.92. The summed E-state index contributed by atoms with van der Waals surface area (Å²) >= 11 is 0. The number of hydrogen-bond acceptors (Lipinski definition) is 4. The number of carbonyl (C=O) groups is 1. The van der Waals surface area contributed by atoms with Gasteiger partial charge in [-0.1, -0.05) is 30.3 Å². The maximum atomic E-state index is 12.9. The molecule has 0 fully saturated rings. The first-order valence-electron chi connectivity index (χ1n) is 8.33. The zero-order valence-electron chi connectivity index (χ0n) is 14.5. The maximum Gasteiger partial charge on any atom is 0.255 e. The monoisotopic (exact) mass is 338 g/mol. The third-order valence-corrected chi connectivity index (χ3v) is 4.28. The summed E-state index contributed by atoms with van der Waals surface area (Å²) in [5.41, 5.74) is 3.28. The van der Waals surface area contributed by atoms with Crippen molar-refractivity contribution in [3.05, 3.63) is 59.4 Å². The summed E-state index contributed by atoms with van der Waals surface area (Å²) in [6, 6.07) is 11.8. The minimum absolute atomic E-state index is 0.0673. The molecule has 6 heteroatoms. The third kappa shape index (κ3) is 3.69. The molecule has 0 atom stereocenters. The Kier molecular flexibility index (Phi) is 5.09. The maximum absolute atomic E-state index is 12.9. The molecular formula is C19H22N4O2. The van der Waals surface area contributed by atoms with Crippen LogP contribution >= 0.6 is 0 Å². The fourth-order valence-corrected chi connectivity index (χ4v) is 2.95. The Hall–Kier alpha value is -2.73. The highest BCUT2D eigenvalue weighted by Gasteiger charge is 2.17. The van der Waals surface area contributed by atoms with Gasteiger partial charge in [-0.2, -0.15) is 5.10 Å². The van der Waals surface area contributed by atoms with Gasteiger partial charge in [-0.25, -0.2) is 4.98 Å². The standard InChI is InChI=1S/C19H22N4O2/c1-14-17-12-16(13-20-18(17)22(2)21-14)19(25)23(10-11-24)9-8-15-6-4-3-5-7-15/h3-7,12-13,24H,8-11H2,1-2H3. The quantitative estimate of drug-likeness (QED) is 0.746. The molecule has 1 N–H and O–H groups in total. The van der Waals surface area contributed by atoms with Crippen LogP contribution in [0.5, 0.6) is 0 Å². The number of carbonyl (C=O) groups excluding carboxylic acids is 1. The first kappa shape index (κ1) is 17.1. The van der Waals surface area contributed by atoms with E-state index in [1.165, 1.54) is 0 Å². The summed E-state index contributed by atoms with van der Waals surface area (Å²) in [6.45, 7) is 2.68. The van der Waals surface area contributed by atoms with Gasteiger partial charge in [-0.3, -0.25) is 9.48 Å². The van der Waals surface area contributed by atoms with Gasteiger partial charge in [0.15, 0.2) is 5.65 Å². The highest BCUT2D eigenvalue weighted by Crippen LogP contribution is 2.17. The van der Waals surface area contributed by atoms with Crippen molar-refractivity contribution >= 4 is 16.9 Å². The zero-order chi connectivity index (χ0) is 17.8. The summed E-state index contributed by atoms with van der Waals surface area (Å²) in [5.74, 6) is -0.123. The first-order valence-corrected chi connectivity index (χ1v) is 8.33. The lowest BCUT2D eigenvalue weighted by atomic mass is 10.1. The molecule has 3 rings (SSSR count). The van der Waals surface area contributed by atoms with E-state index in [0.717, 1.165) is 28.7 Å². The molecule has 0 bridgehead atoms. The number of rotatable bonds is 6. The van der Waals surface area contributed by atoms with E-state index in [1.54, 1.807) is 15.8 Å². The average molecular weight is 338 g/mol. The number of aryl methyl sites for hydroxylation is 2. The number of pyridine rings is 1. The minimum atomic E-state index is -0.123. The number of aromatic nitrogens is 3. The number of aliphatic hydroxyl groups is 1. The van der Waals surface area contributed by atoms with Crippen LogP contribution in [0.4, 0.5) is 0 Å². The number of amides is 1. The summed E-state index contributed by atoms with van der Waals surface area (Å²) < 4.78 is 1.71. The van der Waals surface area contributed by atoms with Gasteiger partial charge in [0.25, 0.3) is 5.91 Å². The molecule has 0 unspecified atom stereocenters. The van der Waals surface area contributed by atoms with E-state index in [2.05, 4.69) is 10.1 Å². The Balaban J connectivity index is 1.81. The summed E-state index contributed by atoms with van der Waals surface area (Å²) in [6.07, 6.45) is 2.33. The molecule has 2 aromatic heterocycles. The largest absolute Gasteiger partial charge is 0.395 e. The number of fused-ring (bicyclic) bond motifs is 1. The van der Waals surface area contributed by atoms with Gasteiger partial charge in [-0.05, 0) is 25.0 Å². The molecule has 0 saturated heterocycles. The van der Waals surface area contributed by atoms with E-state index < -0.39 is 0 Å². The number of nitrogens with zero attached hydrogens (tertiary/aromatic N) is 4. The molecular weight excluding hydrogens is 316 g/mol. The van der Waals surface area contributed by atoms with Crippen LogP contribution in [0, 0.1) is 6.92 Å². The summed E-state index contributed by atoms with van der Waals surface area (Å²) in [4.78, 5) is 18.9. The fourth-order valence-electron chi connectivity index (χ4n) is 2.95. The normalized spacial score (nSPS) is 11.0. The highest BCUT2D eigenvalue weighted by atomic mass is 16.3. The van der Waals surface area contributed by atoms with Crippen LogP contribution in [0.2, 0.25) is 0 Å². The molecule has 0 aliphatic carbocycles. The predicted octanol–water partition coefficient (Wildman–Crippen LogP) is 1.95. The Morgan fingerprint density at radius 1 is 1.24 bits per heavy atom. The highest BCUT2D eigenvalue weighted by molar-refractivity contribution is 5.97. The van der Waals surface area contributed by atoms with Crippen LogP contribution < -0.4 is 0 Å². The molecule has 0 aliphatic heterocycles. The summed E-state index contributed by atoms with van der Waals surface area (Å²) in [7, 11) is 1.84. The predicted molar refractivity (Wildman–Crippen MR) is 96.4 cm³/mol. The summed E-state index contributed by atoms with van der Waals surface area (Å²) in [5, 5.41) is 14.5. The van der Waals surface area contributed by atoms with Crippen molar-refractivity contribution in [3.8, 4) is 0 Å². The van der Waals surface area contributed by atoms with Crippen LogP contribution in [0.3, 0.4) is 0 Å². The van der Waals surface area contributed by atoms with Crippen molar-refractivity contribution < 1.29 is 9.90 Å². The van der Waals surface area contributed by atoms with Gasteiger partial charge in [0.2, 0.25) is 0 Å². The second kappa shape index (κ2) is 7.44. The van der Waals surface area contributed by atoms with Crippen molar-refractivity contribution in [1.29, 1.82) is 0 Å².